The van der Waals surface area contributed by atoms with Crippen molar-refractivity contribution in [1.82, 2.24) is 0 Å². The van der Waals surface area contributed by atoms with E-state index < -0.39 is 51.8 Å². The summed E-state index contributed by atoms with van der Waals surface area (Å²) in [6, 6.07) is 0. The summed E-state index contributed by atoms with van der Waals surface area (Å²) in [4.78, 5) is 34.7. The molecule has 0 rings (SSSR count). The lowest BCUT2D eigenvalue weighted by atomic mass is 10.0. The number of phosphoric ester groups is 1. The van der Waals surface area contributed by atoms with Crippen LogP contribution in [0.25, 0.3) is 0 Å². The first kappa shape index (κ1) is 50.0. The molecule has 0 heterocycles. The van der Waals surface area contributed by atoms with Crippen molar-refractivity contribution in [2.24, 2.45) is 0 Å². The summed E-state index contributed by atoms with van der Waals surface area (Å²) >= 11 is 0. The summed E-state index contributed by atoms with van der Waals surface area (Å²) in [5.41, 5.74) is 0. The second-order valence-corrected chi connectivity index (χ2v) is 15.8. The number of rotatable bonds is 40. The Hall–Kier alpha value is -1.03. The van der Waals surface area contributed by atoms with Gasteiger partial charge in [0, 0.05) is 12.8 Å². The average molecular weight is 751 g/mol. The van der Waals surface area contributed by atoms with Gasteiger partial charge in [-0.1, -0.05) is 181 Å². The maximum atomic E-state index is 12.6. The zero-order chi connectivity index (χ0) is 37.7. The molecule has 51 heavy (non-hydrogen) atoms. The number of phosphoric acid groups is 1. The van der Waals surface area contributed by atoms with Gasteiger partial charge in [-0.05, 0) is 12.8 Å². The molecule has 0 amide bonds. The standard InChI is InChI=1S/C40H79O10P/c1-3-5-7-9-11-12-13-14-15-16-17-18-19-20-21-22-23-24-26-28-30-32-40(44)50-38(36-49-51(45,46)48-34-37(42)33-41)35-47-39(43)31-29-27-25-10-8-6-4-2/h37-38,41-42H,3-36H2,1-2H3,(H,45,46). The van der Waals surface area contributed by atoms with E-state index in [2.05, 4.69) is 18.4 Å². The highest BCUT2D eigenvalue weighted by atomic mass is 31.2. The Morgan fingerprint density at radius 1 is 0.510 bits per heavy atom. The van der Waals surface area contributed by atoms with Crippen LogP contribution in [0.3, 0.4) is 0 Å². The number of aliphatic hydroxyl groups is 2. The Kier molecular flexibility index (Phi) is 36.5. The van der Waals surface area contributed by atoms with Crippen LogP contribution in [0.2, 0.25) is 0 Å². The maximum Gasteiger partial charge on any atom is 0.472 e. The van der Waals surface area contributed by atoms with Gasteiger partial charge >= 0.3 is 19.8 Å². The predicted molar refractivity (Wildman–Crippen MR) is 206 cm³/mol. The van der Waals surface area contributed by atoms with Crippen molar-refractivity contribution < 1.29 is 47.8 Å². The van der Waals surface area contributed by atoms with E-state index in [-0.39, 0.29) is 19.4 Å². The summed E-state index contributed by atoms with van der Waals surface area (Å²) in [5.74, 6) is -0.919. The van der Waals surface area contributed by atoms with Gasteiger partial charge in [0.05, 0.1) is 19.8 Å². The number of aliphatic hydroxyl groups excluding tert-OH is 2. The lowest BCUT2D eigenvalue weighted by Gasteiger charge is -2.20. The monoisotopic (exact) mass is 751 g/mol. The van der Waals surface area contributed by atoms with Crippen LogP contribution in [-0.2, 0) is 32.7 Å². The Balaban J connectivity index is 4.10. The molecule has 3 unspecified atom stereocenters. The van der Waals surface area contributed by atoms with Gasteiger partial charge in [0.2, 0.25) is 0 Å². The van der Waals surface area contributed by atoms with E-state index in [4.69, 9.17) is 19.1 Å². The van der Waals surface area contributed by atoms with Gasteiger partial charge in [-0.3, -0.25) is 18.6 Å². The minimum Gasteiger partial charge on any atom is -0.462 e. The summed E-state index contributed by atoms with van der Waals surface area (Å²) in [6.45, 7) is 2.35. The highest BCUT2D eigenvalue weighted by Gasteiger charge is 2.27. The van der Waals surface area contributed by atoms with Crippen LogP contribution in [0.1, 0.15) is 206 Å². The fourth-order valence-corrected chi connectivity index (χ4v) is 6.78. The quantitative estimate of drug-likeness (QED) is 0.0314. The van der Waals surface area contributed by atoms with Gasteiger partial charge in [0.1, 0.15) is 12.7 Å². The molecule has 304 valence electrons. The zero-order valence-electron chi connectivity index (χ0n) is 32.8. The van der Waals surface area contributed by atoms with Crippen molar-refractivity contribution in [1.29, 1.82) is 0 Å². The first-order chi connectivity index (χ1) is 24.7. The minimum absolute atomic E-state index is 0.192. The molecule has 0 aromatic carbocycles. The van der Waals surface area contributed by atoms with E-state index in [0.717, 1.165) is 38.5 Å². The van der Waals surface area contributed by atoms with Gasteiger partial charge in [0.15, 0.2) is 6.10 Å². The van der Waals surface area contributed by atoms with Gasteiger partial charge in [-0.2, -0.15) is 0 Å². The van der Waals surface area contributed by atoms with Crippen molar-refractivity contribution >= 4 is 19.8 Å². The van der Waals surface area contributed by atoms with E-state index in [0.29, 0.717) is 12.8 Å². The van der Waals surface area contributed by atoms with Crippen LogP contribution < -0.4 is 0 Å². The summed E-state index contributed by atoms with van der Waals surface area (Å²) in [6.07, 6.45) is 32.5. The normalized spacial score (nSPS) is 13.9. The third-order valence-corrected chi connectivity index (χ3v) is 10.2. The molecular weight excluding hydrogens is 671 g/mol. The predicted octanol–water partition coefficient (Wildman–Crippen LogP) is 10.7. The molecule has 10 nitrogen and oxygen atoms in total. The number of hydrogen-bond donors (Lipinski definition) is 3. The van der Waals surface area contributed by atoms with Crippen LogP contribution in [-0.4, -0.2) is 65.7 Å². The third-order valence-electron chi connectivity index (χ3n) is 9.26. The minimum atomic E-state index is -4.60. The van der Waals surface area contributed by atoms with Gasteiger partial charge in [0.25, 0.3) is 0 Å². The van der Waals surface area contributed by atoms with Crippen molar-refractivity contribution in [3.05, 3.63) is 0 Å². The Morgan fingerprint density at radius 3 is 1.22 bits per heavy atom. The van der Waals surface area contributed by atoms with E-state index in [1.165, 1.54) is 128 Å². The number of carbonyl (C=O) groups excluding carboxylic acids is 2. The SMILES string of the molecule is CCCCCCCCCCCCCCCCCCCCCCCC(=O)OC(COC(=O)CCCCCCCCC)COP(=O)(O)OCC(O)CO. The van der Waals surface area contributed by atoms with Crippen molar-refractivity contribution in [2.45, 2.75) is 219 Å². The molecule has 0 fully saturated rings. The molecule has 0 aromatic rings. The second kappa shape index (κ2) is 37.3. The number of ether oxygens (including phenoxy) is 2. The largest absolute Gasteiger partial charge is 0.472 e. The van der Waals surface area contributed by atoms with E-state index in [9.17, 15) is 24.2 Å². The van der Waals surface area contributed by atoms with E-state index in [1.807, 2.05) is 0 Å². The maximum absolute atomic E-state index is 12.6. The molecule has 0 saturated heterocycles. The molecule has 3 atom stereocenters. The van der Waals surface area contributed by atoms with Crippen LogP contribution in [0, 0.1) is 0 Å². The Bertz CT molecular complexity index is 827. The van der Waals surface area contributed by atoms with Gasteiger partial charge in [-0.15, -0.1) is 0 Å². The zero-order valence-corrected chi connectivity index (χ0v) is 33.7. The lowest BCUT2D eigenvalue weighted by molar-refractivity contribution is -0.161. The van der Waals surface area contributed by atoms with Crippen molar-refractivity contribution in [2.75, 3.05) is 26.4 Å². The number of esters is 2. The van der Waals surface area contributed by atoms with Gasteiger partial charge < -0.3 is 24.6 Å². The number of unbranched alkanes of at least 4 members (excludes halogenated alkanes) is 26. The molecule has 11 heteroatoms. The molecule has 0 aliphatic heterocycles. The lowest BCUT2D eigenvalue weighted by Crippen LogP contribution is -2.29. The topological polar surface area (TPSA) is 149 Å². The molecule has 0 bridgehead atoms. The molecule has 0 aliphatic rings. The molecule has 0 saturated carbocycles. The summed E-state index contributed by atoms with van der Waals surface area (Å²) in [5, 5.41) is 18.3. The Labute approximate surface area is 312 Å². The van der Waals surface area contributed by atoms with Crippen LogP contribution in [0.5, 0.6) is 0 Å². The van der Waals surface area contributed by atoms with E-state index >= 15 is 0 Å². The first-order valence-electron chi connectivity index (χ1n) is 21.0. The summed E-state index contributed by atoms with van der Waals surface area (Å²) in [7, 11) is -4.60. The first-order valence-corrected chi connectivity index (χ1v) is 22.5. The smallest absolute Gasteiger partial charge is 0.462 e. The van der Waals surface area contributed by atoms with Crippen molar-refractivity contribution in [3.8, 4) is 0 Å². The number of hydrogen-bond acceptors (Lipinski definition) is 9. The molecule has 0 aliphatic carbocycles. The van der Waals surface area contributed by atoms with E-state index in [1.54, 1.807) is 0 Å². The fraction of sp³-hybridized carbons (Fsp3) is 0.950. The molecule has 0 radical (unpaired) electrons. The Morgan fingerprint density at radius 2 is 0.843 bits per heavy atom. The molecule has 0 spiro atoms. The molecule has 3 N–H and O–H groups in total. The summed E-state index contributed by atoms with van der Waals surface area (Å²) < 4.78 is 32.5. The van der Waals surface area contributed by atoms with Crippen molar-refractivity contribution in [3.63, 3.8) is 0 Å². The molecule has 0 aromatic heterocycles. The van der Waals surface area contributed by atoms with Crippen LogP contribution >= 0.6 is 7.82 Å². The van der Waals surface area contributed by atoms with Gasteiger partial charge in [-0.25, -0.2) is 4.57 Å². The van der Waals surface area contributed by atoms with Crippen LogP contribution in [0.4, 0.5) is 0 Å². The molecular formula is C40H79O10P. The highest BCUT2D eigenvalue weighted by molar-refractivity contribution is 7.47. The highest BCUT2D eigenvalue weighted by Crippen LogP contribution is 2.43. The number of carbonyl (C=O) groups is 2. The second-order valence-electron chi connectivity index (χ2n) is 14.4. The third kappa shape index (κ3) is 37.1. The average Bonchev–Trinajstić information content (AvgIpc) is 3.12. The fourth-order valence-electron chi connectivity index (χ4n) is 5.99. The van der Waals surface area contributed by atoms with Crippen LogP contribution in [0.15, 0.2) is 0 Å².